The van der Waals surface area contributed by atoms with Gasteiger partial charge in [-0.2, -0.15) is 13.2 Å². The number of aliphatic carboxylic acids is 1. The number of anilines is 1. The molecule has 0 atom stereocenters. The Labute approximate surface area is 161 Å². The average Bonchev–Trinajstić information content (AvgIpc) is 2.68. The van der Waals surface area contributed by atoms with Gasteiger partial charge in [0.05, 0.1) is 5.56 Å². The van der Waals surface area contributed by atoms with Crippen LogP contribution in [0.2, 0.25) is 0 Å². The fourth-order valence-electron chi connectivity index (χ4n) is 3.88. The summed E-state index contributed by atoms with van der Waals surface area (Å²) in [5, 5.41) is 12.3. The minimum Gasteiger partial charge on any atom is -0.480 e. The predicted molar refractivity (Wildman–Crippen MR) is 97.2 cm³/mol. The summed E-state index contributed by atoms with van der Waals surface area (Å²) in [6, 6.07) is 4.71. The zero-order chi connectivity index (χ0) is 20.4. The van der Waals surface area contributed by atoms with E-state index in [9.17, 15) is 27.9 Å². The molecule has 1 heterocycles. The summed E-state index contributed by atoms with van der Waals surface area (Å²) in [7, 11) is 0. The molecule has 3 rings (SSSR count). The van der Waals surface area contributed by atoms with E-state index in [1.807, 2.05) is 0 Å². The SMILES string of the molecule is O=C(NC1(C(=O)O)CCCCC1)N1CCN(c2cccc(C(F)(F)F)c2)CC1. The number of hydrogen-bond acceptors (Lipinski definition) is 3. The van der Waals surface area contributed by atoms with Gasteiger partial charge in [0, 0.05) is 31.9 Å². The number of carboxylic acids is 1. The molecular formula is C19H24F3N3O3. The Morgan fingerprint density at radius 1 is 1.04 bits per heavy atom. The summed E-state index contributed by atoms with van der Waals surface area (Å²) >= 11 is 0. The lowest BCUT2D eigenvalue weighted by atomic mass is 9.82. The first-order chi connectivity index (χ1) is 13.2. The highest BCUT2D eigenvalue weighted by Gasteiger charge is 2.42. The molecule has 154 valence electrons. The van der Waals surface area contributed by atoms with E-state index in [2.05, 4.69) is 5.32 Å². The van der Waals surface area contributed by atoms with Crippen LogP contribution < -0.4 is 10.2 Å². The highest BCUT2D eigenvalue weighted by atomic mass is 19.4. The van der Waals surface area contributed by atoms with Gasteiger partial charge in [0.25, 0.3) is 0 Å². The molecule has 1 aromatic carbocycles. The topological polar surface area (TPSA) is 72.9 Å². The third-order valence-electron chi connectivity index (χ3n) is 5.57. The number of carbonyl (C=O) groups excluding carboxylic acids is 1. The van der Waals surface area contributed by atoms with Gasteiger partial charge < -0.3 is 20.2 Å². The molecule has 1 aliphatic carbocycles. The number of rotatable bonds is 3. The van der Waals surface area contributed by atoms with E-state index >= 15 is 0 Å². The van der Waals surface area contributed by atoms with E-state index in [1.54, 1.807) is 11.0 Å². The average molecular weight is 399 g/mol. The number of nitrogens with zero attached hydrogens (tertiary/aromatic N) is 2. The van der Waals surface area contributed by atoms with Crippen LogP contribution in [0.25, 0.3) is 0 Å². The second kappa shape index (κ2) is 7.89. The van der Waals surface area contributed by atoms with Crippen LogP contribution in [-0.2, 0) is 11.0 Å². The van der Waals surface area contributed by atoms with Crippen LogP contribution in [0.5, 0.6) is 0 Å². The molecule has 28 heavy (non-hydrogen) atoms. The van der Waals surface area contributed by atoms with Crippen molar-refractivity contribution in [2.75, 3.05) is 31.1 Å². The van der Waals surface area contributed by atoms with Crippen molar-refractivity contribution in [2.45, 2.75) is 43.8 Å². The lowest BCUT2D eigenvalue weighted by Gasteiger charge is -2.39. The first-order valence-electron chi connectivity index (χ1n) is 9.44. The van der Waals surface area contributed by atoms with E-state index in [0.717, 1.165) is 31.4 Å². The molecule has 2 N–H and O–H groups in total. The van der Waals surface area contributed by atoms with Crippen LogP contribution >= 0.6 is 0 Å². The Balaban J connectivity index is 1.61. The van der Waals surface area contributed by atoms with Crippen LogP contribution in [-0.4, -0.2) is 53.7 Å². The summed E-state index contributed by atoms with van der Waals surface area (Å²) < 4.78 is 38.7. The molecule has 0 bridgehead atoms. The molecule has 2 fully saturated rings. The van der Waals surface area contributed by atoms with Gasteiger partial charge in [0.2, 0.25) is 0 Å². The van der Waals surface area contributed by atoms with Gasteiger partial charge in [-0.05, 0) is 31.0 Å². The van der Waals surface area contributed by atoms with E-state index in [1.165, 1.54) is 11.0 Å². The normalized spacial score (nSPS) is 20.0. The lowest BCUT2D eigenvalue weighted by molar-refractivity contribution is -0.146. The number of nitrogens with one attached hydrogen (secondary N) is 1. The van der Waals surface area contributed by atoms with Crippen molar-refractivity contribution < 1.29 is 27.9 Å². The molecule has 0 unspecified atom stereocenters. The second-order valence-corrected chi connectivity index (χ2v) is 7.40. The molecular weight excluding hydrogens is 375 g/mol. The lowest BCUT2D eigenvalue weighted by Crippen LogP contribution is -2.61. The number of amides is 2. The number of piperazine rings is 1. The first-order valence-corrected chi connectivity index (χ1v) is 9.44. The van der Waals surface area contributed by atoms with Crippen molar-refractivity contribution in [3.63, 3.8) is 0 Å². The first kappa shape index (κ1) is 20.3. The summed E-state index contributed by atoms with van der Waals surface area (Å²) in [5.74, 6) is -1.01. The van der Waals surface area contributed by atoms with Gasteiger partial charge in [-0.25, -0.2) is 9.59 Å². The van der Waals surface area contributed by atoms with Crippen molar-refractivity contribution in [3.05, 3.63) is 29.8 Å². The summed E-state index contributed by atoms with van der Waals surface area (Å²) in [6.45, 7) is 1.40. The zero-order valence-electron chi connectivity index (χ0n) is 15.5. The highest BCUT2D eigenvalue weighted by molar-refractivity contribution is 5.86. The van der Waals surface area contributed by atoms with Crippen molar-refractivity contribution in [1.82, 2.24) is 10.2 Å². The van der Waals surface area contributed by atoms with Crippen molar-refractivity contribution in [1.29, 1.82) is 0 Å². The third-order valence-corrected chi connectivity index (χ3v) is 5.57. The van der Waals surface area contributed by atoms with E-state index in [0.29, 0.717) is 44.7 Å². The highest BCUT2D eigenvalue weighted by Crippen LogP contribution is 2.32. The number of halogens is 3. The summed E-state index contributed by atoms with van der Waals surface area (Å²) in [6.07, 6.45) is -1.09. The smallest absolute Gasteiger partial charge is 0.416 e. The Hall–Kier alpha value is -2.45. The van der Waals surface area contributed by atoms with Gasteiger partial charge in [-0.1, -0.05) is 25.3 Å². The molecule has 6 nitrogen and oxygen atoms in total. The summed E-state index contributed by atoms with van der Waals surface area (Å²) in [5.41, 5.74) is -1.46. The number of alkyl halides is 3. The molecule has 1 aromatic rings. The molecule has 2 amide bonds. The Kier molecular flexibility index (Phi) is 5.71. The molecule has 1 saturated carbocycles. The van der Waals surface area contributed by atoms with E-state index in [-0.39, 0.29) is 0 Å². The largest absolute Gasteiger partial charge is 0.480 e. The van der Waals surface area contributed by atoms with Crippen LogP contribution in [0.15, 0.2) is 24.3 Å². The Morgan fingerprint density at radius 3 is 2.25 bits per heavy atom. The second-order valence-electron chi connectivity index (χ2n) is 7.40. The Bertz CT molecular complexity index is 725. The maximum Gasteiger partial charge on any atom is 0.416 e. The minimum absolute atomic E-state index is 0.317. The third kappa shape index (κ3) is 4.34. The van der Waals surface area contributed by atoms with Gasteiger partial charge >= 0.3 is 18.2 Å². The quantitative estimate of drug-likeness (QED) is 0.818. The zero-order valence-corrected chi connectivity index (χ0v) is 15.5. The standard InChI is InChI=1S/C19H24F3N3O3/c20-19(21,22)14-5-4-6-15(13-14)24-9-11-25(12-10-24)17(28)23-18(16(26)27)7-2-1-3-8-18/h4-6,13H,1-3,7-12H2,(H,23,28)(H,26,27). The summed E-state index contributed by atoms with van der Waals surface area (Å²) in [4.78, 5) is 27.6. The van der Waals surface area contributed by atoms with E-state index in [4.69, 9.17) is 0 Å². The molecule has 0 spiro atoms. The maximum absolute atomic E-state index is 12.9. The van der Waals surface area contributed by atoms with Crippen LogP contribution in [0.3, 0.4) is 0 Å². The van der Waals surface area contributed by atoms with Gasteiger partial charge in [-0.3, -0.25) is 0 Å². The fourth-order valence-corrected chi connectivity index (χ4v) is 3.88. The van der Waals surface area contributed by atoms with Gasteiger partial charge in [-0.15, -0.1) is 0 Å². The number of benzene rings is 1. The fraction of sp³-hybridized carbons (Fsp3) is 0.579. The van der Waals surface area contributed by atoms with E-state index < -0.39 is 29.3 Å². The van der Waals surface area contributed by atoms with Crippen LogP contribution in [0.4, 0.5) is 23.7 Å². The number of hydrogen-bond donors (Lipinski definition) is 2. The molecule has 1 saturated heterocycles. The number of carbonyl (C=O) groups is 2. The molecule has 2 aliphatic rings. The predicted octanol–water partition coefficient (Wildman–Crippen LogP) is 3.32. The monoisotopic (exact) mass is 399 g/mol. The maximum atomic E-state index is 12.9. The minimum atomic E-state index is -4.40. The molecule has 0 aromatic heterocycles. The molecule has 0 radical (unpaired) electrons. The molecule has 1 aliphatic heterocycles. The van der Waals surface area contributed by atoms with Gasteiger partial charge in [0.1, 0.15) is 5.54 Å². The van der Waals surface area contributed by atoms with Crippen molar-refractivity contribution >= 4 is 17.7 Å². The van der Waals surface area contributed by atoms with Crippen molar-refractivity contribution in [3.8, 4) is 0 Å². The van der Waals surface area contributed by atoms with Crippen LogP contribution in [0.1, 0.15) is 37.7 Å². The Morgan fingerprint density at radius 2 is 1.68 bits per heavy atom. The van der Waals surface area contributed by atoms with Crippen molar-refractivity contribution in [2.24, 2.45) is 0 Å². The molecule has 9 heteroatoms. The van der Waals surface area contributed by atoms with Gasteiger partial charge in [0.15, 0.2) is 0 Å². The van der Waals surface area contributed by atoms with Crippen LogP contribution in [0, 0.1) is 0 Å². The number of urea groups is 1. The number of carboxylic acid groups (broad SMARTS) is 1.